The Morgan fingerprint density at radius 1 is 1.25 bits per heavy atom. The van der Waals surface area contributed by atoms with Gasteiger partial charge in [-0.3, -0.25) is 4.79 Å². The van der Waals surface area contributed by atoms with Crippen molar-refractivity contribution in [2.45, 2.75) is 26.8 Å². The molecule has 0 aliphatic rings. The van der Waals surface area contributed by atoms with Crippen LogP contribution in [0.15, 0.2) is 40.9 Å². The number of carbonyl (C=O) groups is 1. The predicted molar refractivity (Wildman–Crippen MR) is 102 cm³/mol. The Kier molecular flexibility index (Phi) is 6.40. The number of anilines is 1. The number of benzene rings is 2. The lowest BCUT2D eigenvalue weighted by Crippen LogP contribution is -2.30. The molecule has 2 aromatic carbocycles. The molecular weight excluding hydrogens is 368 g/mol. The number of ether oxygens (including phenoxy) is 1. The molecular formula is C19H23BrN2O2. The SMILES string of the molecule is COc1ccc([C@H](C)NCC(=O)Nc2cccc(C)c2C)cc1Br. The Morgan fingerprint density at radius 3 is 2.67 bits per heavy atom. The molecule has 0 saturated carbocycles. The second kappa shape index (κ2) is 8.31. The average Bonchev–Trinajstić information content (AvgIpc) is 2.56. The highest BCUT2D eigenvalue weighted by molar-refractivity contribution is 9.10. The van der Waals surface area contributed by atoms with E-state index in [0.29, 0.717) is 0 Å². The fourth-order valence-corrected chi connectivity index (χ4v) is 2.95. The lowest BCUT2D eigenvalue weighted by atomic mass is 10.1. The van der Waals surface area contributed by atoms with Gasteiger partial charge in [-0.2, -0.15) is 0 Å². The molecule has 5 heteroatoms. The van der Waals surface area contributed by atoms with Crippen molar-refractivity contribution in [1.82, 2.24) is 5.32 Å². The van der Waals surface area contributed by atoms with E-state index in [4.69, 9.17) is 4.74 Å². The van der Waals surface area contributed by atoms with Crippen LogP contribution in [0.3, 0.4) is 0 Å². The monoisotopic (exact) mass is 390 g/mol. The molecule has 128 valence electrons. The van der Waals surface area contributed by atoms with Crippen molar-refractivity contribution < 1.29 is 9.53 Å². The number of rotatable bonds is 6. The normalized spacial score (nSPS) is 11.9. The van der Waals surface area contributed by atoms with Gasteiger partial charge in [-0.15, -0.1) is 0 Å². The van der Waals surface area contributed by atoms with Crippen molar-refractivity contribution >= 4 is 27.5 Å². The maximum absolute atomic E-state index is 12.2. The molecule has 0 aromatic heterocycles. The number of halogens is 1. The third kappa shape index (κ3) is 4.58. The molecule has 0 spiro atoms. The molecule has 0 radical (unpaired) electrons. The van der Waals surface area contributed by atoms with Gasteiger partial charge in [0.1, 0.15) is 5.75 Å². The van der Waals surface area contributed by atoms with Crippen molar-refractivity contribution in [1.29, 1.82) is 0 Å². The summed E-state index contributed by atoms with van der Waals surface area (Å²) in [7, 11) is 1.64. The number of methoxy groups -OCH3 is 1. The van der Waals surface area contributed by atoms with Crippen LogP contribution in [0.25, 0.3) is 0 Å². The number of hydrogen-bond donors (Lipinski definition) is 2. The average molecular weight is 391 g/mol. The molecule has 1 atom stereocenters. The summed E-state index contributed by atoms with van der Waals surface area (Å²) >= 11 is 3.48. The summed E-state index contributed by atoms with van der Waals surface area (Å²) in [6.45, 7) is 6.32. The van der Waals surface area contributed by atoms with E-state index in [1.807, 2.05) is 57.2 Å². The third-order valence-corrected chi connectivity index (χ3v) is 4.74. The Morgan fingerprint density at radius 2 is 2.00 bits per heavy atom. The van der Waals surface area contributed by atoms with Crippen LogP contribution >= 0.6 is 15.9 Å². The summed E-state index contributed by atoms with van der Waals surface area (Å²) in [6, 6.07) is 11.9. The van der Waals surface area contributed by atoms with Gasteiger partial charge >= 0.3 is 0 Å². The summed E-state index contributed by atoms with van der Waals surface area (Å²) in [5.41, 5.74) is 4.21. The first-order valence-electron chi connectivity index (χ1n) is 7.85. The van der Waals surface area contributed by atoms with Gasteiger partial charge in [-0.25, -0.2) is 0 Å². The van der Waals surface area contributed by atoms with E-state index in [0.717, 1.165) is 32.6 Å². The topological polar surface area (TPSA) is 50.4 Å². The first-order valence-corrected chi connectivity index (χ1v) is 8.64. The number of nitrogens with one attached hydrogen (secondary N) is 2. The molecule has 0 fully saturated rings. The minimum absolute atomic E-state index is 0.0524. The Balaban J connectivity index is 1.93. The molecule has 0 saturated heterocycles. The number of aryl methyl sites for hydroxylation is 1. The number of amides is 1. The minimum Gasteiger partial charge on any atom is -0.496 e. The molecule has 2 N–H and O–H groups in total. The van der Waals surface area contributed by atoms with Gasteiger partial charge in [-0.1, -0.05) is 18.2 Å². The van der Waals surface area contributed by atoms with E-state index < -0.39 is 0 Å². The summed E-state index contributed by atoms with van der Waals surface area (Å²) in [4.78, 5) is 12.2. The molecule has 0 unspecified atom stereocenters. The zero-order valence-electron chi connectivity index (χ0n) is 14.4. The second-order valence-electron chi connectivity index (χ2n) is 5.79. The molecule has 4 nitrogen and oxygen atoms in total. The maximum atomic E-state index is 12.2. The molecule has 2 rings (SSSR count). The summed E-state index contributed by atoms with van der Waals surface area (Å²) in [5.74, 6) is 0.738. The minimum atomic E-state index is -0.0527. The van der Waals surface area contributed by atoms with Gasteiger partial charge in [0, 0.05) is 11.7 Å². The van der Waals surface area contributed by atoms with Crippen LogP contribution in [0.4, 0.5) is 5.69 Å². The largest absolute Gasteiger partial charge is 0.496 e. The van der Waals surface area contributed by atoms with E-state index in [-0.39, 0.29) is 18.5 Å². The van der Waals surface area contributed by atoms with Crippen molar-refractivity contribution in [3.05, 3.63) is 57.6 Å². The molecule has 24 heavy (non-hydrogen) atoms. The van der Waals surface area contributed by atoms with Gasteiger partial charge in [0.25, 0.3) is 0 Å². The zero-order chi connectivity index (χ0) is 17.7. The van der Waals surface area contributed by atoms with Crippen LogP contribution in [0.2, 0.25) is 0 Å². The predicted octanol–water partition coefficient (Wildman–Crippen LogP) is 4.36. The quantitative estimate of drug-likeness (QED) is 0.769. The summed E-state index contributed by atoms with van der Waals surface area (Å²) < 4.78 is 6.13. The van der Waals surface area contributed by atoms with Crippen LogP contribution in [0.1, 0.15) is 29.7 Å². The maximum Gasteiger partial charge on any atom is 0.238 e. The second-order valence-corrected chi connectivity index (χ2v) is 6.65. The molecule has 1 amide bonds. The molecule has 0 aliphatic carbocycles. The standard InChI is InChI=1S/C19H23BrN2O2/c1-12-6-5-7-17(13(12)2)22-19(23)11-21-14(3)15-8-9-18(24-4)16(20)10-15/h5-10,14,21H,11H2,1-4H3,(H,22,23)/t14-/m0/s1. The van der Waals surface area contributed by atoms with Crippen molar-refractivity contribution in [2.75, 3.05) is 19.0 Å². The fourth-order valence-electron chi connectivity index (χ4n) is 2.40. The van der Waals surface area contributed by atoms with Crippen molar-refractivity contribution in [2.24, 2.45) is 0 Å². The highest BCUT2D eigenvalue weighted by atomic mass is 79.9. The summed E-state index contributed by atoms with van der Waals surface area (Å²) in [6.07, 6.45) is 0. The van der Waals surface area contributed by atoms with E-state index >= 15 is 0 Å². The van der Waals surface area contributed by atoms with Crippen molar-refractivity contribution in [3.8, 4) is 5.75 Å². The lowest BCUT2D eigenvalue weighted by Gasteiger charge is -2.16. The molecule has 0 bridgehead atoms. The van der Waals surface area contributed by atoms with Crippen LogP contribution < -0.4 is 15.4 Å². The van der Waals surface area contributed by atoms with Crippen molar-refractivity contribution in [3.63, 3.8) is 0 Å². The first-order chi connectivity index (χ1) is 11.4. The Labute approximate surface area is 151 Å². The Bertz CT molecular complexity index is 731. The van der Waals surface area contributed by atoms with Gasteiger partial charge in [0.05, 0.1) is 18.1 Å². The molecule has 0 aliphatic heterocycles. The number of hydrogen-bond acceptors (Lipinski definition) is 3. The zero-order valence-corrected chi connectivity index (χ0v) is 16.0. The first kappa shape index (κ1) is 18.5. The van der Waals surface area contributed by atoms with Crippen LogP contribution in [-0.4, -0.2) is 19.6 Å². The summed E-state index contributed by atoms with van der Waals surface area (Å²) in [5, 5.41) is 6.20. The van der Waals surface area contributed by atoms with Gasteiger partial charge in [-0.05, 0) is 71.6 Å². The van der Waals surface area contributed by atoms with E-state index in [1.54, 1.807) is 7.11 Å². The third-order valence-electron chi connectivity index (χ3n) is 4.12. The number of carbonyl (C=O) groups excluding carboxylic acids is 1. The van der Waals surface area contributed by atoms with Crippen LogP contribution in [-0.2, 0) is 4.79 Å². The molecule has 0 heterocycles. The van der Waals surface area contributed by atoms with E-state index in [2.05, 4.69) is 26.6 Å². The van der Waals surface area contributed by atoms with Gasteiger partial charge in [0.15, 0.2) is 0 Å². The van der Waals surface area contributed by atoms with Crippen LogP contribution in [0.5, 0.6) is 5.75 Å². The van der Waals surface area contributed by atoms with E-state index in [1.165, 1.54) is 0 Å². The van der Waals surface area contributed by atoms with E-state index in [9.17, 15) is 4.79 Å². The highest BCUT2D eigenvalue weighted by Gasteiger charge is 2.11. The van der Waals surface area contributed by atoms with Gasteiger partial charge < -0.3 is 15.4 Å². The lowest BCUT2D eigenvalue weighted by molar-refractivity contribution is -0.115. The fraction of sp³-hybridized carbons (Fsp3) is 0.316. The Hall–Kier alpha value is -1.85. The highest BCUT2D eigenvalue weighted by Crippen LogP contribution is 2.27. The van der Waals surface area contributed by atoms with Gasteiger partial charge in [0.2, 0.25) is 5.91 Å². The smallest absolute Gasteiger partial charge is 0.238 e. The molecule has 2 aromatic rings. The van der Waals surface area contributed by atoms with Crippen LogP contribution in [0, 0.1) is 13.8 Å².